The molecule has 6 nitrogen and oxygen atoms in total. The zero-order valence-electron chi connectivity index (χ0n) is 20.6. The maximum atomic E-state index is 10.2. The second-order valence-corrected chi connectivity index (χ2v) is 8.30. The van der Waals surface area contributed by atoms with Crippen LogP contribution in [0.15, 0.2) is 60.7 Å². The number of aliphatic hydroxyl groups is 2. The van der Waals surface area contributed by atoms with Crippen molar-refractivity contribution < 1.29 is 30.0 Å². The largest absolute Gasteiger partial charge is 0.478 e. The first-order valence-electron chi connectivity index (χ1n) is 12.2. The molecule has 190 valence electrons. The number of hydrogen-bond acceptors (Lipinski definition) is 4. The molecule has 0 aromatic heterocycles. The van der Waals surface area contributed by atoms with Crippen molar-refractivity contribution in [1.29, 1.82) is 0 Å². The predicted molar refractivity (Wildman–Crippen MR) is 136 cm³/mol. The molecule has 0 saturated carbocycles. The molecular formula is C28H42O6. The molecule has 0 spiro atoms. The Morgan fingerprint density at radius 1 is 0.618 bits per heavy atom. The molecule has 2 atom stereocenters. The molecule has 34 heavy (non-hydrogen) atoms. The average molecular weight is 475 g/mol. The van der Waals surface area contributed by atoms with E-state index in [1.54, 1.807) is 60.7 Å². The molecule has 2 rings (SSSR count). The molecule has 6 heteroatoms. The van der Waals surface area contributed by atoms with Gasteiger partial charge in [0, 0.05) is 13.2 Å². The summed E-state index contributed by atoms with van der Waals surface area (Å²) in [5.74, 6) is -0.850. The molecule has 0 aliphatic rings. The van der Waals surface area contributed by atoms with Gasteiger partial charge in [-0.3, -0.25) is 0 Å². The summed E-state index contributed by atoms with van der Waals surface area (Å²) in [6.07, 6.45) is 9.26. The summed E-state index contributed by atoms with van der Waals surface area (Å²) in [4.78, 5) is 20.4. The highest BCUT2D eigenvalue weighted by atomic mass is 16.4. The Kier molecular flexibility index (Phi) is 19.2. The van der Waals surface area contributed by atoms with E-state index in [1.807, 2.05) is 0 Å². The number of benzene rings is 2. The van der Waals surface area contributed by atoms with Gasteiger partial charge in [-0.1, -0.05) is 75.9 Å². The van der Waals surface area contributed by atoms with E-state index in [1.165, 1.54) is 25.7 Å². The van der Waals surface area contributed by atoms with E-state index < -0.39 is 11.9 Å². The molecule has 0 aliphatic carbocycles. The minimum absolute atomic E-state index is 0.311. The Morgan fingerprint density at radius 3 is 1.15 bits per heavy atom. The molecule has 0 amide bonds. The summed E-state index contributed by atoms with van der Waals surface area (Å²) in [5.41, 5.74) is 0.662. The summed E-state index contributed by atoms with van der Waals surface area (Å²) in [6.45, 7) is 5.00. The fourth-order valence-electron chi connectivity index (χ4n) is 3.27. The van der Waals surface area contributed by atoms with E-state index in [0.29, 0.717) is 36.2 Å². The third kappa shape index (κ3) is 16.0. The molecule has 0 heterocycles. The van der Waals surface area contributed by atoms with Gasteiger partial charge in [-0.2, -0.15) is 0 Å². The van der Waals surface area contributed by atoms with Gasteiger partial charge in [-0.15, -0.1) is 0 Å². The first-order valence-corrected chi connectivity index (χ1v) is 12.2. The molecule has 0 radical (unpaired) electrons. The Bertz CT molecular complexity index is 683. The summed E-state index contributed by atoms with van der Waals surface area (Å²) in [5, 5.41) is 35.3. The zero-order chi connectivity index (χ0) is 25.6. The zero-order valence-corrected chi connectivity index (χ0v) is 20.6. The SMILES string of the molecule is CCCCC(CO)CCC(CO)CCCC.O=C(O)c1ccccc1.O=C(O)c1ccccc1. The molecule has 0 saturated heterocycles. The van der Waals surface area contributed by atoms with E-state index in [9.17, 15) is 19.8 Å². The van der Waals surface area contributed by atoms with Crippen LogP contribution in [0.1, 0.15) is 85.9 Å². The normalized spacial score (nSPS) is 11.8. The third-order valence-corrected chi connectivity index (χ3v) is 5.47. The highest BCUT2D eigenvalue weighted by Gasteiger charge is 2.12. The van der Waals surface area contributed by atoms with Crippen LogP contribution in [0.5, 0.6) is 0 Å². The fraction of sp³-hybridized carbons (Fsp3) is 0.500. The highest BCUT2D eigenvalue weighted by Crippen LogP contribution is 2.21. The van der Waals surface area contributed by atoms with Gasteiger partial charge in [0.25, 0.3) is 0 Å². The van der Waals surface area contributed by atoms with Crippen molar-refractivity contribution in [1.82, 2.24) is 0 Å². The van der Waals surface area contributed by atoms with Gasteiger partial charge in [0.15, 0.2) is 0 Å². The number of aromatic carboxylic acids is 2. The first-order chi connectivity index (χ1) is 16.4. The van der Waals surface area contributed by atoms with Crippen LogP contribution in [0.4, 0.5) is 0 Å². The second kappa shape index (κ2) is 20.9. The lowest BCUT2D eigenvalue weighted by Gasteiger charge is -2.18. The van der Waals surface area contributed by atoms with Crippen molar-refractivity contribution in [3.05, 3.63) is 71.8 Å². The maximum Gasteiger partial charge on any atom is 0.335 e. The minimum Gasteiger partial charge on any atom is -0.478 e. The molecule has 0 bridgehead atoms. The minimum atomic E-state index is -0.879. The fourth-order valence-corrected chi connectivity index (χ4v) is 3.27. The van der Waals surface area contributed by atoms with Crippen molar-refractivity contribution >= 4 is 11.9 Å². The van der Waals surface area contributed by atoms with Gasteiger partial charge in [0.2, 0.25) is 0 Å². The van der Waals surface area contributed by atoms with Gasteiger partial charge in [-0.25, -0.2) is 9.59 Å². The molecule has 4 N–H and O–H groups in total. The van der Waals surface area contributed by atoms with Gasteiger partial charge in [0.1, 0.15) is 0 Å². The maximum absolute atomic E-state index is 10.2. The molecule has 0 fully saturated rings. The quantitative estimate of drug-likeness (QED) is 0.277. The van der Waals surface area contributed by atoms with Crippen LogP contribution >= 0.6 is 0 Å². The van der Waals surface area contributed by atoms with Crippen molar-refractivity contribution in [2.45, 2.75) is 65.2 Å². The molecule has 2 unspecified atom stereocenters. The summed E-state index contributed by atoms with van der Waals surface area (Å²) < 4.78 is 0. The number of carboxylic acid groups (broad SMARTS) is 2. The number of rotatable bonds is 13. The van der Waals surface area contributed by atoms with E-state index in [4.69, 9.17) is 10.2 Å². The Hall–Kier alpha value is -2.70. The van der Waals surface area contributed by atoms with Crippen LogP contribution in [0, 0.1) is 11.8 Å². The van der Waals surface area contributed by atoms with Crippen LogP contribution in [0.25, 0.3) is 0 Å². The van der Waals surface area contributed by atoms with Crippen LogP contribution in [0.2, 0.25) is 0 Å². The Morgan fingerprint density at radius 2 is 0.941 bits per heavy atom. The van der Waals surface area contributed by atoms with Crippen molar-refractivity contribution in [2.24, 2.45) is 11.8 Å². The third-order valence-electron chi connectivity index (χ3n) is 5.47. The second-order valence-electron chi connectivity index (χ2n) is 8.30. The van der Waals surface area contributed by atoms with E-state index >= 15 is 0 Å². The standard InChI is InChI=1S/C14H30O2.2C7H6O2/c1-3-5-7-13(11-15)9-10-14(12-16)8-6-4-2;2*8-7(9)6-4-2-1-3-5-6/h13-16H,3-12H2,1-2H3;2*1-5H,(H,8,9). The lowest BCUT2D eigenvalue weighted by atomic mass is 9.90. The van der Waals surface area contributed by atoms with E-state index in [2.05, 4.69) is 13.8 Å². The van der Waals surface area contributed by atoms with Crippen molar-refractivity contribution in [3.8, 4) is 0 Å². The van der Waals surface area contributed by atoms with Crippen LogP contribution < -0.4 is 0 Å². The van der Waals surface area contributed by atoms with Crippen molar-refractivity contribution in [3.63, 3.8) is 0 Å². The average Bonchev–Trinajstić information content (AvgIpc) is 2.87. The topological polar surface area (TPSA) is 115 Å². The summed E-state index contributed by atoms with van der Waals surface area (Å²) in [6, 6.07) is 16.6. The predicted octanol–water partition coefficient (Wildman–Crippen LogP) is 6.13. The number of carbonyl (C=O) groups is 2. The smallest absolute Gasteiger partial charge is 0.335 e. The van der Waals surface area contributed by atoms with Crippen LogP contribution in [0.3, 0.4) is 0 Å². The van der Waals surface area contributed by atoms with Gasteiger partial charge in [0.05, 0.1) is 11.1 Å². The van der Waals surface area contributed by atoms with Crippen LogP contribution in [-0.2, 0) is 0 Å². The summed E-state index contributed by atoms with van der Waals surface area (Å²) in [7, 11) is 0. The molecule has 2 aromatic rings. The molecule has 0 aliphatic heterocycles. The van der Waals surface area contributed by atoms with Crippen molar-refractivity contribution in [2.75, 3.05) is 13.2 Å². The first kappa shape index (κ1) is 31.3. The van der Waals surface area contributed by atoms with E-state index in [-0.39, 0.29) is 0 Å². The monoisotopic (exact) mass is 474 g/mol. The number of hydrogen-bond donors (Lipinski definition) is 4. The number of carboxylic acids is 2. The summed E-state index contributed by atoms with van der Waals surface area (Å²) >= 11 is 0. The lowest BCUT2D eigenvalue weighted by Crippen LogP contribution is -2.12. The lowest BCUT2D eigenvalue weighted by molar-refractivity contribution is 0.0686. The highest BCUT2D eigenvalue weighted by molar-refractivity contribution is 5.87. The van der Waals surface area contributed by atoms with Gasteiger partial charge < -0.3 is 20.4 Å². The number of aliphatic hydroxyl groups excluding tert-OH is 2. The van der Waals surface area contributed by atoms with E-state index in [0.717, 1.165) is 25.7 Å². The molecule has 2 aromatic carbocycles. The molecular weight excluding hydrogens is 432 g/mol. The van der Waals surface area contributed by atoms with Gasteiger partial charge in [-0.05, 0) is 61.8 Å². The Balaban J connectivity index is 0.000000513. The number of unbranched alkanes of at least 4 members (excludes halogenated alkanes) is 2. The van der Waals surface area contributed by atoms with Gasteiger partial charge >= 0.3 is 11.9 Å². The van der Waals surface area contributed by atoms with Crippen LogP contribution in [-0.4, -0.2) is 45.6 Å². The Labute approximate surface area is 204 Å².